The quantitative estimate of drug-likeness (QED) is 0.832. The van der Waals surface area contributed by atoms with Gasteiger partial charge in [0.15, 0.2) is 9.84 Å². The van der Waals surface area contributed by atoms with Gasteiger partial charge in [-0.05, 0) is 19.9 Å². The van der Waals surface area contributed by atoms with Crippen molar-refractivity contribution >= 4 is 27.4 Å². The van der Waals surface area contributed by atoms with Gasteiger partial charge >= 0.3 is 0 Å². The van der Waals surface area contributed by atoms with E-state index in [0.29, 0.717) is 10.9 Å². The molecule has 3 heterocycles. The van der Waals surface area contributed by atoms with Crippen molar-refractivity contribution in [2.75, 3.05) is 11.5 Å². The number of aliphatic hydroxyl groups is 1. The first-order valence-corrected chi connectivity index (χ1v) is 8.80. The maximum absolute atomic E-state index is 11.5. The van der Waals surface area contributed by atoms with E-state index in [-0.39, 0.29) is 11.5 Å². The summed E-state index contributed by atoms with van der Waals surface area (Å²) in [7, 11) is -3.16. The molecule has 1 fully saturated rings. The van der Waals surface area contributed by atoms with E-state index in [1.807, 2.05) is 19.9 Å². The third-order valence-corrected chi connectivity index (χ3v) is 6.22. The van der Waals surface area contributed by atoms with Crippen LogP contribution in [0.3, 0.4) is 0 Å². The van der Waals surface area contributed by atoms with Gasteiger partial charge in [-0.1, -0.05) is 11.8 Å². The lowest BCUT2D eigenvalue weighted by molar-refractivity contribution is 0.207. The fourth-order valence-corrected chi connectivity index (χ4v) is 5.66. The van der Waals surface area contributed by atoms with Crippen LogP contribution in [0.5, 0.6) is 0 Å². The summed E-state index contributed by atoms with van der Waals surface area (Å²) in [6.07, 6.45) is -0.868. The van der Waals surface area contributed by atoms with E-state index in [1.54, 1.807) is 4.52 Å². The van der Waals surface area contributed by atoms with E-state index in [1.165, 1.54) is 11.8 Å². The fourth-order valence-electron chi connectivity index (χ4n) is 2.24. The van der Waals surface area contributed by atoms with Gasteiger partial charge in [-0.3, -0.25) is 0 Å². The third kappa shape index (κ3) is 2.52. The number of fused-ring (bicyclic) bond motifs is 1. The highest BCUT2D eigenvalue weighted by Crippen LogP contribution is 2.29. The van der Waals surface area contributed by atoms with Crippen LogP contribution in [0, 0.1) is 13.8 Å². The Kier molecular flexibility index (Phi) is 3.22. The van der Waals surface area contributed by atoms with Crippen molar-refractivity contribution in [2.45, 2.75) is 30.4 Å². The first-order valence-electron chi connectivity index (χ1n) is 6.10. The van der Waals surface area contributed by atoms with Crippen LogP contribution in [0.25, 0.3) is 5.78 Å². The number of aliphatic hydroxyl groups excluding tert-OH is 1. The molecule has 2 atom stereocenters. The molecule has 0 amide bonds. The number of aryl methyl sites for hydroxylation is 2. The van der Waals surface area contributed by atoms with Crippen molar-refractivity contribution in [1.82, 2.24) is 19.6 Å². The van der Waals surface area contributed by atoms with E-state index in [4.69, 9.17) is 0 Å². The first-order chi connectivity index (χ1) is 9.34. The molecule has 1 saturated heterocycles. The standard InChI is InChI=1S/C11H14N4O3S2/c1-6-3-7(2)15-10(12-6)13-11(14-15)19-9-5-20(17,18)4-8(9)16/h3,8-9,16H,4-5H2,1-2H3/t8-,9+/m1/s1. The van der Waals surface area contributed by atoms with E-state index < -0.39 is 21.2 Å². The topological polar surface area (TPSA) is 97.5 Å². The summed E-state index contributed by atoms with van der Waals surface area (Å²) in [5, 5.41) is 14.1. The zero-order valence-corrected chi connectivity index (χ0v) is 12.6. The van der Waals surface area contributed by atoms with Gasteiger partial charge in [-0.15, -0.1) is 5.10 Å². The van der Waals surface area contributed by atoms with Crippen molar-refractivity contribution in [3.63, 3.8) is 0 Å². The molecule has 0 saturated carbocycles. The van der Waals surface area contributed by atoms with Gasteiger partial charge in [-0.25, -0.2) is 17.9 Å². The van der Waals surface area contributed by atoms with Crippen molar-refractivity contribution < 1.29 is 13.5 Å². The minimum Gasteiger partial charge on any atom is -0.391 e. The van der Waals surface area contributed by atoms with Gasteiger partial charge in [0.2, 0.25) is 5.16 Å². The predicted molar refractivity (Wildman–Crippen MR) is 74.6 cm³/mol. The van der Waals surface area contributed by atoms with Crippen LogP contribution in [-0.4, -0.2) is 56.0 Å². The molecule has 1 N–H and O–H groups in total. The SMILES string of the molecule is Cc1cc(C)n2nc(S[C@H]3CS(=O)(=O)C[C@H]3O)nc2n1. The zero-order chi connectivity index (χ0) is 14.5. The number of aromatic nitrogens is 4. The van der Waals surface area contributed by atoms with Crippen molar-refractivity contribution in [1.29, 1.82) is 0 Å². The second-order valence-corrected chi connectivity index (χ2v) is 8.31. The molecule has 2 aromatic heterocycles. The maximum Gasteiger partial charge on any atom is 0.253 e. The van der Waals surface area contributed by atoms with Crippen LogP contribution < -0.4 is 0 Å². The van der Waals surface area contributed by atoms with Crippen LogP contribution in [0.4, 0.5) is 0 Å². The average molecular weight is 314 g/mol. The summed E-state index contributed by atoms with van der Waals surface area (Å²) in [6.45, 7) is 3.78. The Balaban J connectivity index is 1.90. The van der Waals surface area contributed by atoms with Crippen molar-refractivity contribution in [3.8, 4) is 0 Å². The van der Waals surface area contributed by atoms with Gasteiger partial charge in [0.1, 0.15) is 0 Å². The normalized spacial score (nSPS) is 25.4. The Morgan fingerprint density at radius 1 is 1.35 bits per heavy atom. The second kappa shape index (κ2) is 4.68. The van der Waals surface area contributed by atoms with E-state index in [0.717, 1.165) is 11.4 Å². The molecule has 1 aliphatic heterocycles. The molecule has 0 aliphatic carbocycles. The first kappa shape index (κ1) is 13.8. The summed E-state index contributed by atoms with van der Waals surface area (Å²) >= 11 is 1.19. The van der Waals surface area contributed by atoms with Gasteiger partial charge in [0.25, 0.3) is 5.78 Å². The molecule has 0 aromatic carbocycles. The molecular formula is C11H14N4O3S2. The predicted octanol–water partition coefficient (Wildman–Crippen LogP) is -0.00886. The molecule has 9 heteroatoms. The van der Waals surface area contributed by atoms with Gasteiger partial charge in [0, 0.05) is 11.4 Å². The smallest absolute Gasteiger partial charge is 0.253 e. The molecule has 2 aromatic rings. The molecule has 0 unspecified atom stereocenters. The van der Waals surface area contributed by atoms with Crippen LogP contribution in [-0.2, 0) is 9.84 Å². The highest BCUT2D eigenvalue weighted by molar-refractivity contribution is 8.01. The number of hydrogen-bond donors (Lipinski definition) is 1. The summed E-state index contributed by atoms with van der Waals surface area (Å²) in [4.78, 5) is 8.55. The van der Waals surface area contributed by atoms with Crippen LogP contribution in [0.1, 0.15) is 11.4 Å². The fraction of sp³-hybridized carbons (Fsp3) is 0.545. The lowest BCUT2D eigenvalue weighted by atomic mass is 10.3. The minimum absolute atomic E-state index is 0.0418. The molecule has 108 valence electrons. The molecule has 0 bridgehead atoms. The molecule has 3 rings (SSSR count). The Labute approximate surface area is 120 Å². The van der Waals surface area contributed by atoms with Crippen LogP contribution in [0.2, 0.25) is 0 Å². The third-order valence-electron chi connectivity index (χ3n) is 3.13. The Bertz CT molecular complexity index is 771. The highest BCUT2D eigenvalue weighted by atomic mass is 32.2. The lowest BCUT2D eigenvalue weighted by Crippen LogP contribution is -2.20. The largest absolute Gasteiger partial charge is 0.391 e. The Hall–Kier alpha value is -1.19. The van der Waals surface area contributed by atoms with E-state index >= 15 is 0 Å². The molecule has 0 spiro atoms. The Morgan fingerprint density at radius 2 is 2.10 bits per heavy atom. The summed E-state index contributed by atoms with van der Waals surface area (Å²) in [5.41, 5.74) is 1.76. The molecule has 7 nitrogen and oxygen atoms in total. The van der Waals surface area contributed by atoms with E-state index in [9.17, 15) is 13.5 Å². The van der Waals surface area contributed by atoms with Crippen molar-refractivity contribution in [2.24, 2.45) is 0 Å². The number of hydrogen-bond acceptors (Lipinski definition) is 7. The number of nitrogens with zero attached hydrogens (tertiary/aromatic N) is 4. The minimum atomic E-state index is -3.16. The van der Waals surface area contributed by atoms with E-state index in [2.05, 4.69) is 15.1 Å². The summed E-state index contributed by atoms with van der Waals surface area (Å²) in [6, 6.07) is 1.89. The number of rotatable bonds is 2. The number of sulfone groups is 1. The molecule has 0 radical (unpaired) electrons. The number of thioether (sulfide) groups is 1. The average Bonchev–Trinajstić information content (AvgIpc) is 2.80. The summed E-state index contributed by atoms with van der Waals surface area (Å²) < 4.78 is 24.6. The van der Waals surface area contributed by atoms with Crippen LogP contribution >= 0.6 is 11.8 Å². The van der Waals surface area contributed by atoms with Gasteiger partial charge in [-0.2, -0.15) is 4.98 Å². The zero-order valence-electron chi connectivity index (χ0n) is 11.0. The molecule has 20 heavy (non-hydrogen) atoms. The molecule has 1 aliphatic rings. The second-order valence-electron chi connectivity index (χ2n) is 4.95. The van der Waals surface area contributed by atoms with Gasteiger partial charge < -0.3 is 5.11 Å². The van der Waals surface area contributed by atoms with Gasteiger partial charge in [0.05, 0.1) is 22.9 Å². The monoisotopic (exact) mass is 314 g/mol. The van der Waals surface area contributed by atoms with Crippen LogP contribution in [0.15, 0.2) is 11.2 Å². The Morgan fingerprint density at radius 3 is 2.75 bits per heavy atom. The lowest BCUT2D eigenvalue weighted by Gasteiger charge is -2.08. The van der Waals surface area contributed by atoms with Crippen molar-refractivity contribution in [3.05, 3.63) is 17.5 Å². The molecular weight excluding hydrogens is 300 g/mol. The summed E-state index contributed by atoms with van der Waals surface area (Å²) in [5.74, 6) is 0.259. The highest BCUT2D eigenvalue weighted by Gasteiger charge is 2.37. The maximum atomic E-state index is 11.5.